The van der Waals surface area contributed by atoms with Crippen LogP contribution < -0.4 is 0 Å². The lowest BCUT2D eigenvalue weighted by atomic mass is 10.1. The summed E-state index contributed by atoms with van der Waals surface area (Å²) in [7, 11) is 2.22. The Morgan fingerprint density at radius 1 is 1.00 bits per heavy atom. The van der Waals surface area contributed by atoms with Crippen LogP contribution in [0, 0.1) is 0 Å². The molecule has 0 radical (unpaired) electrons. The number of nitrogens with zero attached hydrogens (tertiary/aromatic N) is 2. The van der Waals surface area contributed by atoms with E-state index in [0.717, 1.165) is 32.4 Å². The van der Waals surface area contributed by atoms with Gasteiger partial charge in [0.05, 0.1) is 6.10 Å². The molecule has 4 nitrogen and oxygen atoms in total. The van der Waals surface area contributed by atoms with Crippen molar-refractivity contribution in [1.82, 2.24) is 9.80 Å². The largest absolute Gasteiger partial charge is 0.365 e. The molecule has 3 atom stereocenters. The van der Waals surface area contributed by atoms with Gasteiger partial charge in [-0.05, 0) is 46.1 Å². The zero-order valence-electron chi connectivity index (χ0n) is 14.3. The number of hydrogen-bond donors (Lipinski definition) is 0. The van der Waals surface area contributed by atoms with E-state index in [1.807, 2.05) is 6.92 Å². The first kappa shape index (κ1) is 16.3. The molecular weight excluding hydrogens is 276 g/mol. The monoisotopic (exact) mass is 308 g/mol. The summed E-state index contributed by atoms with van der Waals surface area (Å²) in [6.45, 7) is 3.76. The van der Waals surface area contributed by atoms with E-state index >= 15 is 0 Å². The van der Waals surface area contributed by atoms with Crippen LogP contribution in [0.1, 0.15) is 64.7 Å². The van der Waals surface area contributed by atoms with Gasteiger partial charge < -0.3 is 9.64 Å². The van der Waals surface area contributed by atoms with E-state index in [9.17, 15) is 4.79 Å². The van der Waals surface area contributed by atoms with Crippen molar-refractivity contribution in [2.24, 2.45) is 0 Å². The highest BCUT2D eigenvalue weighted by Crippen LogP contribution is 2.29. The van der Waals surface area contributed by atoms with Gasteiger partial charge in [0.2, 0.25) is 0 Å². The number of likely N-dealkylation sites (N-methyl/N-ethyl adjacent to an activating group) is 1. The van der Waals surface area contributed by atoms with Crippen LogP contribution in [0.5, 0.6) is 0 Å². The minimum Gasteiger partial charge on any atom is -0.365 e. The molecule has 2 heterocycles. The lowest BCUT2D eigenvalue weighted by Crippen LogP contribution is -2.45. The Kier molecular flexibility index (Phi) is 5.40. The average molecular weight is 308 g/mol. The van der Waals surface area contributed by atoms with Gasteiger partial charge in [-0.15, -0.1) is 0 Å². The molecule has 0 N–H and O–H groups in total. The van der Waals surface area contributed by atoms with E-state index in [0.29, 0.717) is 18.2 Å². The molecule has 0 unspecified atom stereocenters. The smallest absolute Gasteiger partial charge is 0.251 e. The van der Waals surface area contributed by atoms with Crippen LogP contribution in [0.3, 0.4) is 0 Å². The Morgan fingerprint density at radius 3 is 2.41 bits per heavy atom. The van der Waals surface area contributed by atoms with E-state index in [1.165, 1.54) is 38.5 Å². The maximum absolute atomic E-state index is 12.8. The van der Waals surface area contributed by atoms with Crippen LogP contribution in [-0.4, -0.2) is 60.1 Å². The Labute approximate surface area is 135 Å². The first-order chi connectivity index (χ1) is 10.6. The zero-order valence-corrected chi connectivity index (χ0v) is 14.3. The molecule has 3 fully saturated rings. The highest BCUT2D eigenvalue weighted by Gasteiger charge is 2.37. The van der Waals surface area contributed by atoms with Crippen molar-refractivity contribution in [2.45, 2.75) is 89.0 Å². The summed E-state index contributed by atoms with van der Waals surface area (Å²) in [5, 5.41) is 0. The van der Waals surface area contributed by atoms with Gasteiger partial charge in [0.15, 0.2) is 0 Å². The topological polar surface area (TPSA) is 32.8 Å². The number of carbonyl (C=O) groups is 1. The van der Waals surface area contributed by atoms with Gasteiger partial charge in [-0.25, -0.2) is 0 Å². The maximum Gasteiger partial charge on any atom is 0.251 e. The summed E-state index contributed by atoms with van der Waals surface area (Å²) in [6.07, 6.45) is 11.1. The fraction of sp³-hybridized carbons (Fsp3) is 0.944. The Hall–Kier alpha value is -0.610. The summed E-state index contributed by atoms with van der Waals surface area (Å²) >= 11 is 0. The van der Waals surface area contributed by atoms with Gasteiger partial charge in [-0.2, -0.15) is 0 Å². The molecule has 0 spiro atoms. The third-order valence-corrected chi connectivity index (χ3v) is 6.01. The molecule has 3 rings (SSSR count). The van der Waals surface area contributed by atoms with E-state index in [-0.39, 0.29) is 12.0 Å². The summed E-state index contributed by atoms with van der Waals surface area (Å²) in [5.41, 5.74) is 0. The molecule has 0 aromatic rings. The Bertz CT molecular complexity index is 379. The highest BCUT2D eigenvalue weighted by atomic mass is 16.5. The first-order valence-electron chi connectivity index (χ1n) is 9.31. The quantitative estimate of drug-likeness (QED) is 0.752. The number of fused-ring (bicyclic) bond motifs is 2. The number of amides is 1. The van der Waals surface area contributed by atoms with Crippen LogP contribution >= 0.6 is 0 Å². The number of ether oxygens (including phenoxy) is 1. The van der Waals surface area contributed by atoms with Crippen LogP contribution in [0.2, 0.25) is 0 Å². The summed E-state index contributed by atoms with van der Waals surface area (Å²) in [4.78, 5) is 17.3. The average Bonchev–Trinajstić information content (AvgIpc) is 2.68. The maximum atomic E-state index is 12.8. The fourth-order valence-corrected chi connectivity index (χ4v) is 4.49. The molecular formula is C18H32N2O2. The second-order valence-electron chi connectivity index (χ2n) is 7.52. The number of hydrogen-bond acceptors (Lipinski definition) is 3. The number of likely N-dealkylation sites (tertiary alicyclic amines) is 1. The van der Waals surface area contributed by atoms with Gasteiger partial charge in [0.1, 0.15) is 6.10 Å². The second-order valence-corrected chi connectivity index (χ2v) is 7.52. The van der Waals surface area contributed by atoms with Crippen LogP contribution in [0.15, 0.2) is 0 Å². The molecule has 2 aliphatic heterocycles. The zero-order chi connectivity index (χ0) is 15.5. The van der Waals surface area contributed by atoms with Gasteiger partial charge in [0, 0.05) is 25.2 Å². The second kappa shape index (κ2) is 7.31. The molecule has 22 heavy (non-hydrogen) atoms. The van der Waals surface area contributed by atoms with Crippen LogP contribution in [0.25, 0.3) is 0 Å². The molecule has 3 aliphatic rings. The fourth-order valence-electron chi connectivity index (χ4n) is 4.49. The minimum atomic E-state index is -0.273. The first-order valence-corrected chi connectivity index (χ1v) is 9.31. The molecule has 0 aromatic carbocycles. The Balaban J connectivity index is 1.53. The summed E-state index contributed by atoms with van der Waals surface area (Å²) in [6, 6.07) is 1.24. The molecule has 2 bridgehead atoms. The van der Waals surface area contributed by atoms with Crippen molar-refractivity contribution >= 4 is 5.91 Å². The normalized spacial score (nSPS) is 32.5. The number of carbonyl (C=O) groups excluding carboxylic acids is 1. The third kappa shape index (κ3) is 3.65. The molecule has 1 aliphatic carbocycles. The van der Waals surface area contributed by atoms with E-state index in [2.05, 4.69) is 16.8 Å². The molecule has 126 valence electrons. The van der Waals surface area contributed by atoms with Crippen molar-refractivity contribution in [2.75, 3.05) is 20.1 Å². The molecule has 0 aromatic heterocycles. The van der Waals surface area contributed by atoms with Gasteiger partial charge >= 0.3 is 0 Å². The van der Waals surface area contributed by atoms with E-state index < -0.39 is 0 Å². The molecule has 4 heteroatoms. The lowest BCUT2D eigenvalue weighted by molar-refractivity contribution is -0.147. The van der Waals surface area contributed by atoms with Crippen molar-refractivity contribution in [3.8, 4) is 0 Å². The summed E-state index contributed by atoms with van der Waals surface area (Å²) in [5.74, 6) is 0.213. The van der Waals surface area contributed by atoms with Crippen molar-refractivity contribution in [1.29, 1.82) is 0 Å². The highest BCUT2D eigenvalue weighted by molar-refractivity contribution is 5.80. The SMILES string of the molecule is C[C@H](OC1CCCCCC1)C(=O)N1CC[C@H]2CC[C@@H](C1)N2C. The Morgan fingerprint density at radius 2 is 1.68 bits per heavy atom. The lowest BCUT2D eigenvalue weighted by Gasteiger charge is -2.29. The van der Waals surface area contributed by atoms with Gasteiger partial charge in [-0.1, -0.05) is 25.7 Å². The predicted octanol–water partition coefficient (Wildman–Crippen LogP) is 2.81. The van der Waals surface area contributed by atoms with E-state index in [1.54, 1.807) is 0 Å². The summed E-state index contributed by atoms with van der Waals surface area (Å²) < 4.78 is 6.13. The third-order valence-electron chi connectivity index (χ3n) is 6.01. The van der Waals surface area contributed by atoms with Crippen molar-refractivity contribution < 1.29 is 9.53 Å². The number of rotatable bonds is 3. The minimum absolute atomic E-state index is 0.213. The van der Waals surface area contributed by atoms with Crippen LogP contribution in [0.4, 0.5) is 0 Å². The van der Waals surface area contributed by atoms with Crippen molar-refractivity contribution in [3.05, 3.63) is 0 Å². The van der Waals surface area contributed by atoms with Gasteiger partial charge in [-0.3, -0.25) is 9.69 Å². The molecule has 1 amide bonds. The van der Waals surface area contributed by atoms with Gasteiger partial charge in [0.25, 0.3) is 5.91 Å². The molecule has 1 saturated carbocycles. The molecule has 2 saturated heterocycles. The van der Waals surface area contributed by atoms with Crippen molar-refractivity contribution in [3.63, 3.8) is 0 Å². The van der Waals surface area contributed by atoms with Crippen LogP contribution in [-0.2, 0) is 9.53 Å². The standard InChI is InChI=1S/C18H32N2O2/c1-14(22-17-7-5-3-4-6-8-17)18(21)20-12-11-15-9-10-16(13-20)19(15)2/h14-17H,3-13H2,1-2H3/t14-,15+,16-/m0/s1. The predicted molar refractivity (Wildman–Crippen MR) is 87.8 cm³/mol. The van der Waals surface area contributed by atoms with E-state index in [4.69, 9.17) is 4.74 Å².